The number of rotatable bonds is 3. The van der Waals surface area contributed by atoms with Crippen LogP contribution < -0.4 is 10.5 Å². The summed E-state index contributed by atoms with van der Waals surface area (Å²) in [5, 5.41) is 8.90. The van der Waals surface area contributed by atoms with Crippen LogP contribution in [0.3, 0.4) is 0 Å². The number of hydrogen-bond donors (Lipinski definition) is 1. The van der Waals surface area contributed by atoms with Crippen LogP contribution in [0.1, 0.15) is 11.1 Å². The predicted molar refractivity (Wildman–Crippen MR) is 79.9 cm³/mol. The van der Waals surface area contributed by atoms with Crippen molar-refractivity contribution in [2.24, 2.45) is 0 Å². The molecule has 0 fully saturated rings. The number of nitrogens with zero attached hydrogens (tertiary/aromatic N) is 1. The van der Waals surface area contributed by atoms with Gasteiger partial charge in [0.25, 0.3) is 0 Å². The second-order valence-corrected chi connectivity index (χ2v) is 6.68. The van der Waals surface area contributed by atoms with Gasteiger partial charge < -0.3 is 10.5 Å². The molecule has 108 valence electrons. The molecule has 21 heavy (non-hydrogen) atoms. The Balaban J connectivity index is 2.39. The van der Waals surface area contributed by atoms with Gasteiger partial charge in [0.15, 0.2) is 9.84 Å². The number of hydrogen-bond acceptors (Lipinski definition) is 5. The van der Waals surface area contributed by atoms with Crippen LogP contribution in [0.4, 0.5) is 5.69 Å². The van der Waals surface area contributed by atoms with Gasteiger partial charge in [-0.2, -0.15) is 5.26 Å². The Bertz CT molecular complexity index is 836. The van der Waals surface area contributed by atoms with E-state index in [2.05, 4.69) is 0 Å². The van der Waals surface area contributed by atoms with Crippen LogP contribution in [-0.4, -0.2) is 14.7 Å². The Morgan fingerprint density at radius 3 is 2.43 bits per heavy atom. The van der Waals surface area contributed by atoms with Crippen molar-refractivity contribution < 1.29 is 13.2 Å². The molecule has 0 heterocycles. The van der Waals surface area contributed by atoms with Crippen molar-refractivity contribution in [2.75, 3.05) is 12.0 Å². The maximum absolute atomic E-state index is 11.5. The maximum Gasteiger partial charge on any atom is 0.175 e. The zero-order chi connectivity index (χ0) is 15.6. The molecule has 0 amide bonds. The van der Waals surface area contributed by atoms with Crippen molar-refractivity contribution in [3.05, 3.63) is 47.5 Å². The van der Waals surface area contributed by atoms with Gasteiger partial charge in [0, 0.05) is 6.26 Å². The fourth-order valence-corrected chi connectivity index (χ4v) is 2.40. The summed E-state index contributed by atoms with van der Waals surface area (Å²) in [5.74, 6) is 0.855. The monoisotopic (exact) mass is 302 g/mol. The molecule has 0 aliphatic heterocycles. The van der Waals surface area contributed by atoms with Crippen LogP contribution in [0.15, 0.2) is 41.3 Å². The minimum Gasteiger partial charge on any atom is -0.455 e. The van der Waals surface area contributed by atoms with E-state index in [-0.39, 0.29) is 10.6 Å². The highest BCUT2D eigenvalue weighted by atomic mass is 32.2. The molecule has 0 aliphatic rings. The van der Waals surface area contributed by atoms with Crippen LogP contribution in [0.5, 0.6) is 11.5 Å². The molecular formula is C15H14N2O3S. The van der Waals surface area contributed by atoms with Gasteiger partial charge in [-0.1, -0.05) is 6.07 Å². The molecular weight excluding hydrogens is 288 g/mol. The highest BCUT2D eigenvalue weighted by Gasteiger charge is 2.11. The van der Waals surface area contributed by atoms with Crippen LogP contribution in [0, 0.1) is 18.3 Å². The molecule has 0 unspecified atom stereocenters. The van der Waals surface area contributed by atoms with Gasteiger partial charge in [0.05, 0.1) is 22.2 Å². The molecule has 2 aromatic carbocycles. The lowest BCUT2D eigenvalue weighted by atomic mass is 10.1. The Hall–Kier alpha value is -2.52. The molecule has 6 heteroatoms. The van der Waals surface area contributed by atoms with E-state index in [0.717, 1.165) is 11.8 Å². The number of nitriles is 1. The molecule has 2 N–H and O–H groups in total. The Morgan fingerprint density at radius 1 is 1.14 bits per heavy atom. The van der Waals surface area contributed by atoms with Crippen LogP contribution in [0.2, 0.25) is 0 Å². The summed E-state index contributed by atoms with van der Waals surface area (Å²) >= 11 is 0. The average Bonchev–Trinajstić information content (AvgIpc) is 2.42. The number of anilines is 1. The zero-order valence-corrected chi connectivity index (χ0v) is 12.4. The van der Waals surface area contributed by atoms with E-state index in [9.17, 15) is 8.42 Å². The van der Waals surface area contributed by atoms with Crippen LogP contribution in [-0.2, 0) is 9.84 Å². The summed E-state index contributed by atoms with van der Waals surface area (Å²) in [7, 11) is -3.31. The summed E-state index contributed by atoms with van der Waals surface area (Å²) in [6.45, 7) is 1.84. The van der Waals surface area contributed by atoms with Gasteiger partial charge in [0.2, 0.25) is 0 Å². The van der Waals surface area contributed by atoms with Crippen molar-refractivity contribution >= 4 is 15.5 Å². The van der Waals surface area contributed by atoms with Gasteiger partial charge in [-0.25, -0.2) is 8.42 Å². The molecule has 0 saturated heterocycles. The first-order chi connectivity index (χ1) is 9.81. The molecule has 2 rings (SSSR count). The molecule has 0 atom stereocenters. The first-order valence-corrected chi connectivity index (χ1v) is 7.98. The predicted octanol–water partition coefficient (Wildman–Crippen LogP) is 2.64. The van der Waals surface area contributed by atoms with Crippen molar-refractivity contribution in [3.63, 3.8) is 0 Å². The number of nitrogen functional groups attached to an aromatic ring is 1. The Labute approximate surface area is 123 Å². The van der Waals surface area contributed by atoms with Gasteiger partial charge in [-0.3, -0.25) is 0 Å². The third kappa shape index (κ3) is 3.33. The van der Waals surface area contributed by atoms with Crippen molar-refractivity contribution in [1.82, 2.24) is 0 Å². The number of benzene rings is 2. The SMILES string of the molecule is Cc1ccc(C#N)cc1Oc1ccc(S(C)(=O)=O)cc1N. The topological polar surface area (TPSA) is 93.2 Å². The largest absolute Gasteiger partial charge is 0.455 e. The molecule has 0 bridgehead atoms. The molecule has 5 nitrogen and oxygen atoms in total. The number of sulfone groups is 1. The minimum absolute atomic E-state index is 0.134. The zero-order valence-electron chi connectivity index (χ0n) is 11.6. The van der Waals surface area contributed by atoms with E-state index < -0.39 is 9.84 Å². The standard InChI is InChI=1S/C15H14N2O3S/c1-10-3-4-11(9-16)7-15(10)20-14-6-5-12(8-13(14)17)21(2,18)19/h3-8H,17H2,1-2H3. The second kappa shape index (κ2) is 5.46. The summed E-state index contributed by atoms with van der Waals surface area (Å²) in [6.07, 6.45) is 1.11. The summed E-state index contributed by atoms with van der Waals surface area (Å²) in [6, 6.07) is 11.4. The minimum atomic E-state index is -3.31. The first-order valence-electron chi connectivity index (χ1n) is 6.09. The highest BCUT2D eigenvalue weighted by Crippen LogP contribution is 2.31. The second-order valence-electron chi connectivity index (χ2n) is 4.67. The molecule has 0 radical (unpaired) electrons. The molecule has 0 aromatic heterocycles. The summed E-state index contributed by atoms with van der Waals surface area (Å²) < 4.78 is 28.6. The van der Waals surface area contributed by atoms with Crippen molar-refractivity contribution in [2.45, 2.75) is 11.8 Å². The summed E-state index contributed by atoms with van der Waals surface area (Å²) in [5.41, 5.74) is 7.38. The Morgan fingerprint density at radius 2 is 1.86 bits per heavy atom. The Kier molecular flexibility index (Phi) is 3.87. The summed E-state index contributed by atoms with van der Waals surface area (Å²) in [4.78, 5) is 0.134. The fourth-order valence-electron chi connectivity index (χ4n) is 1.75. The van der Waals surface area contributed by atoms with Gasteiger partial charge in [0.1, 0.15) is 11.5 Å². The van der Waals surface area contributed by atoms with E-state index >= 15 is 0 Å². The lowest BCUT2D eigenvalue weighted by molar-refractivity contribution is 0.480. The lowest BCUT2D eigenvalue weighted by Crippen LogP contribution is -2.00. The van der Waals surface area contributed by atoms with E-state index in [4.69, 9.17) is 15.7 Å². The van der Waals surface area contributed by atoms with Crippen molar-refractivity contribution in [3.8, 4) is 17.6 Å². The van der Waals surface area contributed by atoms with E-state index in [1.165, 1.54) is 18.2 Å². The molecule has 0 aliphatic carbocycles. The quantitative estimate of drug-likeness (QED) is 0.880. The highest BCUT2D eigenvalue weighted by molar-refractivity contribution is 7.90. The van der Waals surface area contributed by atoms with E-state index in [1.54, 1.807) is 18.2 Å². The third-order valence-corrected chi connectivity index (χ3v) is 4.06. The maximum atomic E-state index is 11.5. The van der Waals surface area contributed by atoms with Gasteiger partial charge in [-0.05, 0) is 42.8 Å². The lowest BCUT2D eigenvalue weighted by Gasteiger charge is -2.12. The average molecular weight is 302 g/mol. The van der Waals surface area contributed by atoms with E-state index in [0.29, 0.717) is 17.1 Å². The number of ether oxygens (including phenoxy) is 1. The third-order valence-electron chi connectivity index (χ3n) is 2.95. The normalized spacial score (nSPS) is 10.9. The fraction of sp³-hybridized carbons (Fsp3) is 0.133. The molecule has 0 spiro atoms. The van der Waals surface area contributed by atoms with Crippen LogP contribution >= 0.6 is 0 Å². The smallest absolute Gasteiger partial charge is 0.175 e. The molecule has 0 saturated carbocycles. The van der Waals surface area contributed by atoms with Gasteiger partial charge >= 0.3 is 0 Å². The van der Waals surface area contributed by atoms with E-state index in [1.807, 2.05) is 13.0 Å². The number of aryl methyl sites for hydroxylation is 1. The van der Waals surface area contributed by atoms with Crippen molar-refractivity contribution in [1.29, 1.82) is 5.26 Å². The molecule has 2 aromatic rings. The van der Waals surface area contributed by atoms with Gasteiger partial charge in [-0.15, -0.1) is 0 Å². The number of nitrogens with two attached hydrogens (primary N) is 1. The van der Waals surface area contributed by atoms with Crippen LogP contribution in [0.25, 0.3) is 0 Å². The first kappa shape index (κ1) is 14.9.